The van der Waals surface area contributed by atoms with Crippen molar-refractivity contribution in [2.45, 2.75) is 32.6 Å². The Bertz CT molecular complexity index is 956. The van der Waals surface area contributed by atoms with Crippen molar-refractivity contribution in [3.05, 3.63) is 44.6 Å². The van der Waals surface area contributed by atoms with Crippen molar-refractivity contribution in [3.63, 3.8) is 0 Å². The standard InChI is InChI=1S/C18H18N2O2S/c1-10-9-11(7-8-13(10)22-2)16-19-17(21)15-12-5-3-4-6-14(12)23-18(15)20-16/h7-9H,3-6H2,1-2H3,(H,19,20,21). The van der Waals surface area contributed by atoms with Gasteiger partial charge in [-0.2, -0.15) is 0 Å². The lowest BCUT2D eigenvalue weighted by atomic mass is 9.97. The van der Waals surface area contributed by atoms with Crippen LogP contribution >= 0.6 is 11.3 Å². The highest BCUT2D eigenvalue weighted by molar-refractivity contribution is 7.18. The van der Waals surface area contributed by atoms with Crippen LogP contribution in [0.5, 0.6) is 5.75 Å². The van der Waals surface area contributed by atoms with Gasteiger partial charge in [0.1, 0.15) is 16.4 Å². The Balaban J connectivity index is 1.89. The molecule has 4 rings (SSSR count). The summed E-state index contributed by atoms with van der Waals surface area (Å²) < 4.78 is 5.29. The highest BCUT2D eigenvalue weighted by Crippen LogP contribution is 2.34. The van der Waals surface area contributed by atoms with E-state index in [-0.39, 0.29) is 5.56 Å². The minimum atomic E-state index is -0.0159. The lowest BCUT2D eigenvalue weighted by Crippen LogP contribution is -2.11. The normalized spacial score (nSPS) is 14.0. The molecule has 23 heavy (non-hydrogen) atoms. The molecule has 2 heterocycles. The highest BCUT2D eigenvalue weighted by atomic mass is 32.1. The fraction of sp³-hybridized carbons (Fsp3) is 0.333. The zero-order chi connectivity index (χ0) is 16.0. The van der Waals surface area contributed by atoms with Crippen LogP contribution in [0.4, 0.5) is 0 Å². The lowest BCUT2D eigenvalue weighted by Gasteiger charge is -2.09. The highest BCUT2D eigenvalue weighted by Gasteiger charge is 2.20. The van der Waals surface area contributed by atoms with Crippen molar-refractivity contribution < 1.29 is 4.74 Å². The first-order valence-electron chi connectivity index (χ1n) is 7.87. The summed E-state index contributed by atoms with van der Waals surface area (Å²) >= 11 is 1.68. The van der Waals surface area contributed by atoms with E-state index in [1.807, 2.05) is 25.1 Å². The number of nitrogens with zero attached hydrogens (tertiary/aromatic N) is 1. The fourth-order valence-corrected chi connectivity index (χ4v) is 4.59. The van der Waals surface area contributed by atoms with Gasteiger partial charge >= 0.3 is 0 Å². The maximum atomic E-state index is 12.6. The Hall–Kier alpha value is -2.14. The number of rotatable bonds is 2. The van der Waals surface area contributed by atoms with Gasteiger partial charge in [-0.1, -0.05) is 0 Å². The predicted molar refractivity (Wildman–Crippen MR) is 93.6 cm³/mol. The molecule has 0 amide bonds. The number of thiophene rings is 1. The first-order valence-corrected chi connectivity index (χ1v) is 8.68. The van der Waals surface area contributed by atoms with Crippen LogP contribution in [0, 0.1) is 6.92 Å². The summed E-state index contributed by atoms with van der Waals surface area (Å²) in [6.07, 6.45) is 4.45. The van der Waals surface area contributed by atoms with Crippen molar-refractivity contribution in [3.8, 4) is 17.1 Å². The SMILES string of the molecule is COc1ccc(-c2nc3sc4c(c3c(=O)[nH]2)CCCC4)cc1C. The summed E-state index contributed by atoms with van der Waals surface area (Å²) in [5.74, 6) is 1.47. The summed E-state index contributed by atoms with van der Waals surface area (Å²) in [7, 11) is 1.66. The molecule has 1 aliphatic carbocycles. The van der Waals surface area contributed by atoms with E-state index in [0.29, 0.717) is 5.82 Å². The molecular weight excluding hydrogens is 308 g/mol. The van der Waals surface area contributed by atoms with Crippen molar-refractivity contribution in [1.29, 1.82) is 0 Å². The van der Waals surface area contributed by atoms with Gasteiger partial charge in [0, 0.05) is 10.4 Å². The van der Waals surface area contributed by atoms with E-state index in [4.69, 9.17) is 9.72 Å². The predicted octanol–water partition coefficient (Wildman–Crippen LogP) is 3.85. The van der Waals surface area contributed by atoms with Gasteiger partial charge in [-0.3, -0.25) is 4.79 Å². The average molecular weight is 326 g/mol. The average Bonchev–Trinajstić information content (AvgIpc) is 2.93. The van der Waals surface area contributed by atoms with Gasteiger partial charge in [0.2, 0.25) is 0 Å². The van der Waals surface area contributed by atoms with Crippen LogP contribution in [-0.4, -0.2) is 17.1 Å². The Morgan fingerprint density at radius 2 is 2.09 bits per heavy atom. The summed E-state index contributed by atoms with van der Waals surface area (Å²) in [5, 5.41) is 0.804. The fourth-order valence-electron chi connectivity index (χ4n) is 3.33. The molecule has 0 aliphatic heterocycles. The van der Waals surface area contributed by atoms with Gasteiger partial charge < -0.3 is 9.72 Å². The number of aromatic amines is 1. The Kier molecular flexibility index (Phi) is 3.45. The molecule has 0 fully saturated rings. The zero-order valence-electron chi connectivity index (χ0n) is 13.2. The number of hydrogen-bond donors (Lipinski definition) is 1. The lowest BCUT2D eigenvalue weighted by molar-refractivity contribution is 0.412. The molecule has 2 aromatic heterocycles. The zero-order valence-corrected chi connectivity index (χ0v) is 14.0. The van der Waals surface area contributed by atoms with Crippen LogP contribution < -0.4 is 10.3 Å². The Labute approximate surface area is 138 Å². The van der Waals surface area contributed by atoms with Gasteiger partial charge in [-0.25, -0.2) is 4.98 Å². The van der Waals surface area contributed by atoms with E-state index in [1.165, 1.54) is 16.9 Å². The van der Waals surface area contributed by atoms with Crippen LogP contribution in [-0.2, 0) is 12.8 Å². The van der Waals surface area contributed by atoms with Crippen molar-refractivity contribution in [2.24, 2.45) is 0 Å². The third-order valence-electron chi connectivity index (χ3n) is 4.49. The molecule has 1 aromatic carbocycles. The van der Waals surface area contributed by atoms with E-state index >= 15 is 0 Å². The molecule has 0 spiro atoms. The van der Waals surface area contributed by atoms with Gasteiger partial charge in [-0.05, 0) is 61.9 Å². The molecule has 4 nitrogen and oxygen atoms in total. The Morgan fingerprint density at radius 1 is 1.26 bits per heavy atom. The van der Waals surface area contributed by atoms with Crippen LogP contribution in [0.1, 0.15) is 28.8 Å². The number of fused-ring (bicyclic) bond motifs is 3. The smallest absolute Gasteiger partial charge is 0.260 e. The quantitative estimate of drug-likeness (QED) is 0.778. The number of methoxy groups -OCH3 is 1. The second-order valence-electron chi connectivity index (χ2n) is 5.99. The molecule has 118 valence electrons. The van der Waals surface area contributed by atoms with Gasteiger partial charge in [-0.15, -0.1) is 11.3 Å². The molecule has 0 unspecified atom stereocenters. The molecule has 0 saturated carbocycles. The second-order valence-corrected chi connectivity index (χ2v) is 7.07. The molecule has 0 atom stereocenters. The molecule has 0 bridgehead atoms. The van der Waals surface area contributed by atoms with Crippen molar-refractivity contribution >= 4 is 21.6 Å². The molecular formula is C18H18N2O2S. The number of nitrogens with one attached hydrogen (secondary N) is 1. The number of aromatic nitrogens is 2. The number of H-pyrrole nitrogens is 1. The second kappa shape index (κ2) is 5.49. The van der Waals surface area contributed by atoms with Gasteiger partial charge in [0.05, 0.1) is 12.5 Å². The first kappa shape index (κ1) is 14.5. The number of hydrogen-bond acceptors (Lipinski definition) is 4. The van der Waals surface area contributed by atoms with Crippen LogP contribution in [0.3, 0.4) is 0 Å². The summed E-state index contributed by atoms with van der Waals surface area (Å²) in [6.45, 7) is 1.99. The van der Waals surface area contributed by atoms with Crippen LogP contribution in [0.2, 0.25) is 0 Å². The maximum absolute atomic E-state index is 12.6. The van der Waals surface area contributed by atoms with Crippen molar-refractivity contribution in [2.75, 3.05) is 7.11 Å². The molecule has 1 aliphatic rings. The summed E-state index contributed by atoms with van der Waals surface area (Å²) in [6, 6.07) is 5.84. The number of benzene rings is 1. The van der Waals surface area contributed by atoms with Gasteiger partial charge in [0.15, 0.2) is 0 Å². The topological polar surface area (TPSA) is 55.0 Å². The summed E-state index contributed by atoms with van der Waals surface area (Å²) in [4.78, 5) is 22.5. The third kappa shape index (κ3) is 2.36. The van der Waals surface area contributed by atoms with Crippen molar-refractivity contribution in [1.82, 2.24) is 9.97 Å². The van der Waals surface area contributed by atoms with E-state index < -0.39 is 0 Å². The molecule has 3 aromatic rings. The van der Waals surface area contributed by atoms with E-state index in [2.05, 4.69) is 4.98 Å². The monoisotopic (exact) mass is 326 g/mol. The number of ether oxygens (including phenoxy) is 1. The minimum Gasteiger partial charge on any atom is -0.496 e. The maximum Gasteiger partial charge on any atom is 0.260 e. The van der Waals surface area contributed by atoms with Crippen LogP contribution in [0.25, 0.3) is 21.6 Å². The first-order chi connectivity index (χ1) is 11.2. The van der Waals surface area contributed by atoms with E-state index in [1.54, 1.807) is 18.4 Å². The molecule has 5 heteroatoms. The molecule has 1 N–H and O–H groups in total. The Morgan fingerprint density at radius 3 is 2.87 bits per heavy atom. The summed E-state index contributed by atoms with van der Waals surface area (Å²) in [5.41, 5.74) is 3.15. The van der Waals surface area contributed by atoms with E-state index in [0.717, 1.165) is 46.4 Å². The largest absolute Gasteiger partial charge is 0.496 e. The third-order valence-corrected chi connectivity index (χ3v) is 5.68. The van der Waals surface area contributed by atoms with E-state index in [9.17, 15) is 4.79 Å². The van der Waals surface area contributed by atoms with Crippen LogP contribution in [0.15, 0.2) is 23.0 Å². The minimum absolute atomic E-state index is 0.0159. The number of aryl methyl sites for hydroxylation is 3. The molecule has 0 radical (unpaired) electrons. The van der Waals surface area contributed by atoms with Gasteiger partial charge in [0.25, 0.3) is 5.56 Å². The molecule has 0 saturated heterocycles.